The molecule has 2 aliphatic heterocycles. The standard InChI is InChI=1S/C15H23NO2/c1-11-8-13-10-16(7-6-14(13)18-11)15(17)9-12-4-2-3-5-12/h2,4,11-14H,3,5-10H2,1H3/t11-,12?,13-,14+/m1/s1. The average molecular weight is 249 g/mol. The Bertz CT molecular complexity index is 352. The second-order valence-electron chi connectivity index (χ2n) is 6.08. The molecule has 3 heteroatoms. The maximum absolute atomic E-state index is 12.3. The monoisotopic (exact) mass is 249 g/mol. The Hall–Kier alpha value is -0.830. The van der Waals surface area contributed by atoms with E-state index in [1.807, 2.05) is 0 Å². The van der Waals surface area contributed by atoms with E-state index < -0.39 is 0 Å². The lowest BCUT2D eigenvalue weighted by atomic mass is 9.92. The van der Waals surface area contributed by atoms with Crippen LogP contribution >= 0.6 is 0 Å². The van der Waals surface area contributed by atoms with Crippen LogP contribution in [-0.2, 0) is 9.53 Å². The van der Waals surface area contributed by atoms with Crippen LogP contribution in [0.1, 0.15) is 39.0 Å². The summed E-state index contributed by atoms with van der Waals surface area (Å²) in [4.78, 5) is 14.4. The van der Waals surface area contributed by atoms with Gasteiger partial charge in [0.15, 0.2) is 0 Å². The molecule has 0 bridgehead atoms. The number of rotatable bonds is 2. The Kier molecular flexibility index (Phi) is 3.42. The Balaban J connectivity index is 1.54. The molecule has 1 aliphatic carbocycles. The van der Waals surface area contributed by atoms with Crippen LogP contribution in [0.3, 0.4) is 0 Å². The van der Waals surface area contributed by atoms with Crippen LogP contribution in [0.2, 0.25) is 0 Å². The van der Waals surface area contributed by atoms with E-state index in [4.69, 9.17) is 4.74 Å². The van der Waals surface area contributed by atoms with Crippen molar-refractivity contribution in [2.45, 2.75) is 51.2 Å². The molecular formula is C15H23NO2. The molecule has 100 valence electrons. The van der Waals surface area contributed by atoms with Gasteiger partial charge in [0.2, 0.25) is 5.91 Å². The van der Waals surface area contributed by atoms with Gasteiger partial charge in [-0.15, -0.1) is 0 Å². The van der Waals surface area contributed by atoms with E-state index in [0.29, 0.717) is 36.4 Å². The van der Waals surface area contributed by atoms with Gasteiger partial charge < -0.3 is 9.64 Å². The van der Waals surface area contributed by atoms with Gasteiger partial charge in [-0.25, -0.2) is 0 Å². The molecule has 0 N–H and O–H groups in total. The summed E-state index contributed by atoms with van der Waals surface area (Å²) in [6.07, 6.45) is 10.4. The van der Waals surface area contributed by atoms with Crippen molar-refractivity contribution >= 4 is 5.91 Å². The highest BCUT2D eigenvalue weighted by Crippen LogP contribution is 2.33. The third-order valence-electron chi connectivity index (χ3n) is 4.61. The third-order valence-corrected chi connectivity index (χ3v) is 4.61. The number of allylic oxidation sites excluding steroid dienone is 2. The average Bonchev–Trinajstić information content (AvgIpc) is 2.95. The fourth-order valence-corrected chi connectivity index (χ4v) is 3.64. The number of piperidine rings is 1. The van der Waals surface area contributed by atoms with Crippen LogP contribution < -0.4 is 0 Å². The summed E-state index contributed by atoms with van der Waals surface area (Å²) >= 11 is 0. The Morgan fingerprint density at radius 1 is 1.44 bits per heavy atom. The summed E-state index contributed by atoms with van der Waals surface area (Å²) in [7, 11) is 0. The zero-order chi connectivity index (χ0) is 12.5. The normalized spacial score (nSPS) is 39.1. The Labute approximate surface area is 109 Å². The van der Waals surface area contributed by atoms with Gasteiger partial charge in [-0.1, -0.05) is 12.2 Å². The molecule has 3 rings (SSSR count). The maximum atomic E-state index is 12.3. The molecule has 0 spiro atoms. The highest BCUT2D eigenvalue weighted by molar-refractivity contribution is 5.76. The van der Waals surface area contributed by atoms with E-state index in [1.165, 1.54) is 0 Å². The molecule has 3 nitrogen and oxygen atoms in total. The number of likely N-dealkylation sites (tertiary alicyclic amines) is 1. The van der Waals surface area contributed by atoms with Gasteiger partial charge in [0.25, 0.3) is 0 Å². The van der Waals surface area contributed by atoms with Crippen molar-refractivity contribution in [2.24, 2.45) is 11.8 Å². The van der Waals surface area contributed by atoms with E-state index in [9.17, 15) is 4.79 Å². The molecular weight excluding hydrogens is 226 g/mol. The van der Waals surface area contributed by atoms with Crippen molar-refractivity contribution in [1.82, 2.24) is 4.90 Å². The summed E-state index contributed by atoms with van der Waals surface area (Å²) in [5.41, 5.74) is 0. The number of nitrogens with zero attached hydrogens (tertiary/aromatic N) is 1. The lowest BCUT2D eigenvalue weighted by Gasteiger charge is -2.34. The zero-order valence-corrected chi connectivity index (χ0v) is 11.2. The first-order valence-electron chi connectivity index (χ1n) is 7.32. The quantitative estimate of drug-likeness (QED) is 0.703. The van der Waals surface area contributed by atoms with E-state index in [1.54, 1.807) is 0 Å². The second kappa shape index (κ2) is 5.04. The SMILES string of the molecule is C[C@@H]1C[C@@H]2CN(C(=O)CC3C=CCC3)CC[C@@H]2O1. The number of amides is 1. The third kappa shape index (κ3) is 2.46. The number of carbonyl (C=O) groups is 1. The minimum absolute atomic E-state index is 0.351. The van der Waals surface area contributed by atoms with Crippen molar-refractivity contribution in [1.29, 1.82) is 0 Å². The van der Waals surface area contributed by atoms with Gasteiger partial charge in [-0.05, 0) is 38.5 Å². The molecule has 0 radical (unpaired) electrons. The highest BCUT2D eigenvalue weighted by atomic mass is 16.5. The van der Waals surface area contributed by atoms with Crippen molar-refractivity contribution in [3.05, 3.63) is 12.2 Å². The van der Waals surface area contributed by atoms with Crippen molar-refractivity contribution in [2.75, 3.05) is 13.1 Å². The molecule has 0 aromatic carbocycles. The summed E-state index contributed by atoms with van der Waals surface area (Å²) in [5.74, 6) is 1.43. The number of carbonyl (C=O) groups excluding carboxylic acids is 1. The van der Waals surface area contributed by atoms with Gasteiger partial charge in [0.1, 0.15) is 0 Å². The van der Waals surface area contributed by atoms with Gasteiger partial charge >= 0.3 is 0 Å². The fourth-order valence-electron chi connectivity index (χ4n) is 3.64. The number of fused-ring (bicyclic) bond motifs is 1. The van der Waals surface area contributed by atoms with Crippen LogP contribution in [-0.4, -0.2) is 36.1 Å². The van der Waals surface area contributed by atoms with Gasteiger partial charge in [-0.3, -0.25) is 4.79 Å². The van der Waals surface area contributed by atoms with Gasteiger partial charge in [-0.2, -0.15) is 0 Å². The summed E-state index contributed by atoms with van der Waals surface area (Å²) < 4.78 is 5.88. The van der Waals surface area contributed by atoms with Crippen molar-refractivity contribution < 1.29 is 9.53 Å². The van der Waals surface area contributed by atoms with Crippen molar-refractivity contribution in [3.63, 3.8) is 0 Å². The van der Waals surface area contributed by atoms with E-state index in [-0.39, 0.29) is 0 Å². The summed E-state index contributed by atoms with van der Waals surface area (Å²) in [6.45, 7) is 3.96. The van der Waals surface area contributed by atoms with Crippen LogP contribution in [0, 0.1) is 11.8 Å². The summed E-state index contributed by atoms with van der Waals surface area (Å²) in [6, 6.07) is 0. The number of hydrogen-bond donors (Lipinski definition) is 0. The molecule has 18 heavy (non-hydrogen) atoms. The second-order valence-corrected chi connectivity index (χ2v) is 6.08. The maximum Gasteiger partial charge on any atom is 0.223 e. The minimum atomic E-state index is 0.351. The smallest absolute Gasteiger partial charge is 0.223 e. The number of hydrogen-bond acceptors (Lipinski definition) is 2. The van der Waals surface area contributed by atoms with E-state index in [2.05, 4.69) is 24.0 Å². The lowest BCUT2D eigenvalue weighted by molar-refractivity contribution is -0.135. The predicted octanol–water partition coefficient (Wildman–Crippen LogP) is 2.37. The zero-order valence-electron chi connectivity index (χ0n) is 11.2. The lowest BCUT2D eigenvalue weighted by Crippen LogP contribution is -2.44. The van der Waals surface area contributed by atoms with Crippen LogP contribution in [0.25, 0.3) is 0 Å². The van der Waals surface area contributed by atoms with E-state index >= 15 is 0 Å². The van der Waals surface area contributed by atoms with Crippen LogP contribution in [0.15, 0.2) is 12.2 Å². The Morgan fingerprint density at radius 3 is 3.11 bits per heavy atom. The molecule has 0 aromatic rings. The molecule has 3 aliphatic rings. The molecule has 4 atom stereocenters. The van der Waals surface area contributed by atoms with Crippen molar-refractivity contribution in [3.8, 4) is 0 Å². The molecule has 2 heterocycles. The number of ether oxygens (including phenoxy) is 1. The topological polar surface area (TPSA) is 29.5 Å². The van der Waals surface area contributed by atoms with Crippen LogP contribution in [0.4, 0.5) is 0 Å². The van der Waals surface area contributed by atoms with Crippen LogP contribution in [0.5, 0.6) is 0 Å². The Morgan fingerprint density at radius 2 is 2.33 bits per heavy atom. The van der Waals surface area contributed by atoms with Gasteiger partial charge in [0, 0.05) is 25.4 Å². The van der Waals surface area contributed by atoms with Gasteiger partial charge in [0.05, 0.1) is 12.2 Å². The molecule has 2 saturated heterocycles. The largest absolute Gasteiger partial charge is 0.375 e. The molecule has 1 unspecified atom stereocenters. The summed E-state index contributed by atoms with van der Waals surface area (Å²) in [5, 5.41) is 0. The highest BCUT2D eigenvalue weighted by Gasteiger charge is 2.38. The first kappa shape index (κ1) is 12.2. The predicted molar refractivity (Wildman–Crippen MR) is 70.1 cm³/mol. The minimum Gasteiger partial charge on any atom is -0.375 e. The fraction of sp³-hybridized carbons (Fsp3) is 0.800. The molecule has 2 fully saturated rings. The molecule has 0 aromatic heterocycles. The first-order chi connectivity index (χ1) is 8.72. The molecule has 0 saturated carbocycles. The molecule has 1 amide bonds. The van der Waals surface area contributed by atoms with E-state index in [0.717, 1.165) is 38.8 Å². The first-order valence-corrected chi connectivity index (χ1v) is 7.32.